The molecule has 0 aliphatic carbocycles. The third kappa shape index (κ3) is 4.54. The first-order valence-corrected chi connectivity index (χ1v) is 5.76. The van der Waals surface area contributed by atoms with E-state index < -0.39 is 0 Å². The highest BCUT2D eigenvalue weighted by Crippen LogP contribution is 2.09. The molecule has 0 spiro atoms. The number of hydrogen-bond donors (Lipinski definition) is 5. The van der Waals surface area contributed by atoms with Crippen molar-refractivity contribution in [2.45, 2.75) is 6.54 Å². The third-order valence-electron chi connectivity index (χ3n) is 2.16. The standard InChI is InChI=1S/C12H17N5S/c1-2-10(8-15-14)16-12(18)17-11-5-3-9(7-13)4-6-11/h2-6,8,15H,1,7,13-14H2,(H2,16,17,18)/b10-8+. The minimum Gasteiger partial charge on any atom is -0.332 e. The largest absolute Gasteiger partial charge is 0.332 e. The number of allylic oxidation sites excluding steroid dienone is 1. The Morgan fingerprint density at radius 1 is 1.33 bits per heavy atom. The fourth-order valence-electron chi connectivity index (χ4n) is 1.25. The van der Waals surface area contributed by atoms with Crippen LogP contribution in [-0.2, 0) is 6.54 Å². The van der Waals surface area contributed by atoms with Crippen LogP contribution in [0, 0.1) is 0 Å². The predicted octanol–water partition coefficient (Wildman–Crippen LogP) is 0.922. The smallest absolute Gasteiger partial charge is 0.175 e. The first-order valence-electron chi connectivity index (χ1n) is 5.35. The molecule has 0 fully saturated rings. The average molecular weight is 263 g/mol. The Bertz CT molecular complexity index is 438. The van der Waals surface area contributed by atoms with Gasteiger partial charge in [0.25, 0.3) is 0 Å². The number of anilines is 1. The Hall–Kier alpha value is -1.89. The van der Waals surface area contributed by atoms with E-state index in [-0.39, 0.29) is 0 Å². The van der Waals surface area contributed by atoms with Crippen molar-refractivity contribution in [3.05, 3.63) is 54.4 Å². The molecule has 0 saturated heterocycles. The number of nitrogens with two attached hydrogens (primary N) is 2. The molecule has 0 radical (unpaired) electrons. The molecule has 0 saturated carbocycles. The second-order valence-corrected chi connectivity index (χ2v) is 3.86. The topological polar surface area (TPSA) is 88.1 Å². The van der Waals surface area contributed by atoms with E-state index in [4.69, 9.17) is 23.8 Å². The van der Waals surface area contributed by atoms with E-state index in [0.717, 1.165) is 11.3 Å². The van der Waals surface area contributed by atoms with Crippen LogP contribution in [0.1, 0.15) is 5.56 Å². The van der Waals surface area contributed by atoms with Gasteiger partial charge in [0.2, 0.25) is 0 Å². The Kier molecular flexibility index (Phi) is 5.86. The molecule has 7 N–H and O–H groups in total. The number of hydrazine groups is 1. The Morgan fingerprint density at radius 3 is 2.50 bits per heavy atom. The highest BCUT2D eigenvalue weighted by atomic mass is 32.1. The first kappa shape index (κ1) is 14.2. The van der Waals surface area contributed by atoms with Gasteiger partial charge in [0.05, 0.1) is 5.70 Å². The fourth-order valence-corrected chi connectivity index (χ4v) is 1.49. The first-order chi connectivity index (χ1) is 8.69. The zero-order valence-electron chi connectivity index (χ0n) is 9.94. The summed E-state index contributed by atoms with van der Waals surface area (Å²) in [7, 11) is 0. The van der Waals surface area contributed by atoms with Gasteiger partial charge in [-0.1, -0.05) is 18.7 Å². The summed E-state index contributed by atoms with van der Waals surface area (Å²) in [5, 5.41) is 6.44. The minimum atomic E-state index is 0.455. The molecule has 18 heavy (non-hydrogen) atoms. The summed E-state index contributed by atoms with van der Waals surface area (Å²) >= 11 is 5.15. The van der Waals surface area contributed by atoms with Crippen molar-refractivity contribution in [2.75, 3.05) is 5.32 Å². The molecule has 0 bridgehead atoms. The van der Waals surface area contributed by atoms with E-state index in [1.54, 1.807) is 12.3 Å². The van der Waals surface area contributed by atoms with Gasteiger partial charge in [-0.25, -0.2) is 0 Å². The van der Waals surface area contributed by atoms with E-state index in [0.29, 0.717) is 17.4 Å². The molecule has 5 nitrogen and oxygen atoms in total. The van der Waals surface area contributed by atoms with Gasteiger partial charge in [0, 0.05) is 18.4 Å². The van der Waals surface area contributed by atoms with Crippen molar-refractivity contribution >= 4 is 23.0 Å². The SMILES string of the molecule is C=C/C(=C\NN)NC(=S)Nc1ccc(CN)cc1. The second kappa shape index (κ2) is 7.44. The van der Waals surface area contributed by atoms with Gasteiger partial charge < -0.3 is 21.8 Å². The number of thiocarbonyl (C=S) groups is 1. The summed E-state index contributed by atoms with van der Waals surface area (Å²) in [6.45, 7) is 4.16. The molecule has 1 rings (SSSR count). The van der Waals surface area contributed by atoms with Crippen molar-refractivity contribution in [1.82, 2.24) is 10.7 Å². The normalized spacial score (nSPS) is 10.7. The van der Waals surface area contributed by atoms with Crippen molar-refractivity contribution in [3.63, 3.8) is 0 Å². The number of benzene rings is 1. The van der Waals surface area contributed by atoms with Crippen molar-refractivity contribution in [2.24, 2.45) is 11.6 Å². The molecule has 0 amide bonds. The molecule has 0 unspecified atom stereocenters. The summed E-state index contributed by atoms with van der Waals surface area (Å²) in [6, 6.07) is 7.70. The third-order valence-corrected chi connectivity index (χ3v) is 2.37. The second-order valence-electron chi connectivity index (χ2n) is 3.45. The van der Waals surface area contributed by atoms with Crippen molar-refractivity contribution in [1.29, 1.82) is 0 Å². The van der Waals surface area contributed by atoms with Crippen LogP contribution in [0.5, 0.6) is 0 Å². The van der Waals surface area contributed by atoms with Crippen LogP contribution in [0.15, 0.2) is 48.8 Å². The average Bonchev–Trinajstić information content (AvgIpc) is 2.39. The fraction of sp³-hybridized carbons (Fsp3) is 0.0833. The van der Waals surface area contributed by atoms with Gasteiger partial charge in [-0.05, 0) is 36.0 Å². The van der Waals surface area contributed by atoms with E-state index in [1.807, 2.05) is 24.3 Å². The van der Waals surface area contributed by atoms with Gasteiger partial charge in [-0.15, -0.1) is 0 Å². The molecule has 6 heteroatoms. The van der Waals surface area contributed by atoms with Crippen LogP contribution in [0.3, 0.4) is 0 Å². The summed E-state index contributed by atoms with van der Waals surface area (Å²) < 4.78 is 0. The summed E-state index contributed by atoms with van der Waals surface area (Å²) in [4.78, 5) is 0. The van der Waals surface area contributed by atoms with Gasteiger partial charge in [-0.2, -0.15) is 0 Å². The maximum Gasteiger partial charge on any atom is 0.175 e. The van der Waals surface area contributed by atoms with Crippen molar-refractivity contribution in [3.8, 4) is 0 Å². The summed E-state index contributed by atoms with van der Waals surface area (Å²) in [6.07, 6.45) is 3.16. The lowest BCUT2D eigenvalue weighted by Crippen LogP contribution is -2.29. The lowest BCUT2D eigenvalue weighted by atomic mass is 10.2. The van der Waals surface area contributed by atoms with E-state index in [2.05, 4.69) is 22.6 Å². The van der Waals surface area contributed by atoms with E-state index in [1.165, 1.54) is 0 Å². The van der Waals surface area contributed by atoms with E-state index >= 15 is 0 Å². The molecule has 0 atom stereocenters. The molecule has 1 aromatic carbocycles. The van der Waals surface area contributed by atoms with Gasteiger partial charge in [0.15, 0.2) is 5.11 Å². The van der Waals surface area contributed by atoms with Crippen LogP contribution in [0.4, 0.5) is 5.69 Å². The quantitative estimate of drug-likeness (QED) is 0.235. The van der Waals surface area contributed by atoms with Gasteiger partial charge in [-0.3, -0.25) is 5.84 Å². The monoisotopic (exact) mass is 263 g/mol. The van der Waals surface area contributed by atoms with Crippen LogP contribution in [-0.4, -0.2) is 5.11 Å². The van der Waals surface area contributed by atoms with E-state index in [9.17, 15) is 0 Å². The summed E-state index contributed by atoms with van der Waals surface area (Å²) in [5.74, 6) is 5.18. The number of hydrogen-bond acceptors (Lipinski definition) is 4. The zero-order valence-corrected chi connectivity index (χ0v) is 10.8. The number of nitrogens with one attached hydrogen (secondary N) is 3. The molecule has 1 aromatic rings. The Morgan fingerprint density at radius 2 is 2.00 bits per heavy atom. The minimum absolute atomic E-state index is 0.455. The molecule has 0 aliphatic rings. The number of rotatable bonds is 5. The van der Waals surface area contributed by atoms with Gasteiger partial charge in [0.1, 0.15) is 0 Å². The lowest BCUT2D eigenvalue weighted by Gasteiger charge is -2.11. The predicted molar refractivity (Wildman–Crippen MR) is 79.3 cm³/mol. The Balaban J connectivity index is 2.58. The highest BCUT2D eigenvalue weighted by Gasteiger charge is 1.99. The summed E-state index contributed by atoms with van der Waals surface area (Å²) in [5.41, 5.74) is 10.6. The molecule has 0 heterocycles. The zero-order chi connectivity index (χ0) is 13.4. The molecular formula is C12H17N5S. The highest BCUT2D eigenvalue weighted by molar-refractivity contribution is 7.80. The van der Waals surface area contributed by atoms with Crippen LogP contribution in [0.2, 0.25) is 0 Å². The van der Waals surface area contributed by atoms with Crippen LogP contribution in [0.25, 0.3) is 0 Å². The maximum absolute atomic E-state index is 5.52. The molecule has 0 aliphatic heterocycles. The van der Waals surface area contributed by atoms with Gasteiger partial charge >= 0.3 is 0 Å². The van der Waals surface area contributed by atoms with Crippen LogP contribution >= 0.6 is 12.2 Å². The van der Waals surface area contributed by atoms with Crippen molar-refractivity contribution < 1.29 is 0 Å². The molecule has 96 valence electrons. The lowest BCUT2D eigenvalue weighted by molar-refractivity contribution is 0.942. The Labute approximate surface area is 112 Å². The van der Waals surface area contributed by atoms with Crippen LogP contribution < -0.4 is 27.6 Å². The molecular weight excluding hydrogens is 246 g/mol. The maximum atomic E-state index is 5.52. The molecule has 0 aromatic heterocycles.